The van der Waals surface area contributed by atoms with E-state index in [1.165, 1.54) is 0 Å². The van der Waals surface area contributed by atoms with Crippen LogP contribution in [0.2, 0.25) is 0 Å². The minimum atomic E-state index is 0.234. The van der Waals surface area contributed by atoms with Crippen LogP contribution in [0.3, 0.4) is 0 Å². The molecule has 2 rings (SSSR count). The van der Waals surface area contributed by atoms with E-state index in [4.69, 9.17) is 21.1 Å². The molecule has 0 spiro atoms. The molecule has 2 aromatic heterocycles. The molecule has 12 heavy (non-hydrogen) atoms. The van der Waals surface area contributed by atoms with Crippen LogP contribution in [0.1, 0.15) is 0 Å². The number of halogens is 1. The summed E-state index contributed by atoms with van der Waals surface area (Å²) in [5.74, 6) is 0.889. The van der Waals surface area contributed by atoms with Gasteiger partial charge in [-0.1, -0.05) is 0 Å². The Morgan fingerprint density at radius 2 is 2.42 bits per heavy atom. The molecule has 1 N–H and O–H groups in total. The third kappa shape index (κ3) is 1.35. The van der Waals surface area contributed by atoms with Gasteiger partial charge in [-0.05, 0) is 28.1 Å². The normalized spacial score (nSPS) is 10.4. The Morgan fingerprint density at radius 1 is 1.58 bits per heavy atom. The van der Waals surface area contributed by atoms with Crippen LogP contribution in [0.15, 0.2) is 25.6 Å². The average molecular weight is 247 g/mol. The van der Waals surface area contributed by atoms with Gasteiger partial charge in [-0.3, -0.25) is 0 Å². The molecule has 0 aliphatic heterocycles. The minimum absolute atomic E-state index is 0.234. The standard InChI is InChI=1S/C6H3BrN2O2S/c7-3-1-4(10-2-3)5-8-9-6(12)11-5/h1-2H,(H,9,12). The molecule has 0 radical (unpaired) electrons. The molecule has 0 atom stereocenters. The van der Waals surface area contributed by atoms with Crippen LogP contribution in [0, 0.1) is 4.84 Å². The lowest BCUT2D eigenvalue weighted by molar-refractivity contribution is 0.507. The Bertz CT molecular complexity index is 444. The van der Waals surface area contributed by atoms with E-state index in [2.05, 4.69) is 26.1 Å². The largest absolute Gasteiger partial charge is 0.458 e. The summed E-state index contributed by atoms with van der Waals surface area (Å²) in [6, 6.07) is 1.74. The number of nitrogens with zero attached hydrogens (tertiary/aromatic N) is 1. The zero-order chi connectivity index (χ0) is 8.55. The van der Waals surface area contributed by atoms with Gasteiger partial charge in [-0.25, -0.2) is 5.10 Å². The van der Waals surface area contributed by atoms with Gasteiger partial charge in [0.25, 0.3) is 10.7 Å². The maximum atomic E-state index is 5.09. The van der Waals surface area contributed by atoms with E-state index in [0.29, 0.717) is 11.7 Å². The zero-order valence-electron chi connectivity index (χ0n) is 5.70. The number of aromatic amines is 1. The highest BCUT2D eigenvalue weighted by atomic mass is 79.9. The molecule has 4 nitrogen and oxygen atoms in total. The molecule has 0 saturated carbocycles. The van der Waals surface area contributed by atoms with Gasteiger partial charge >= 0.3 is 0 Å². The number of hydrogen-bond donors (Lipinski definition) is 1. The molecule has 0 saturated heterocycles. The quantitative estimate of drug-likeness (QED) is 0.787. The molecule has 6 heteroatoms. The number of furan rings is 1. The summed E-state index contributed by atoms with van der Waals surface area (Å²) in [5, 5.41) is 6.29. The number of aromatic nitrogens is 2. The van der Waals surface area contributed by atoms with Crippen LogP contribution >= 0.6 is 28.1 Å². The van der Waals surface area contributed by atoms with Crippen LogP contribution in [0.25, 0.3) is 11.7 Å². The van der Waals surface area contributed by atoms with E-state index < -0.39 is 0 Å². The third-order valence-corrected chi connectivity index (χ3v) is 1.81. The van der Waals surface area contributed by atoms with Gasteiger partial charge in [0.15, 0.2) is 5.76 Å². The van der Waals surface area contributed by atoms with Crippen molar-refractivity contribution in [2.24, 2.45) is 0 Å². The molecular formula is C6H3BrN2O2S. The van der Waals surface area contributed by atoms with Crippen molar-refractivity contribution in [3.8, 4) is 11.7 Å². The fourth-order valence-corrected chi connectivity index (χ4v) is 1.19. The number of H-pyrrole nitrogens is 1. The molecule has 2 heterocycles. The van der Waals surface area contributed by atoms with Gasteiger partial charge < -0.3 is 8.83 Å². The highest BCUT2D eigenvalue weighted by molar-refractivity contribution is 9.10. The SMILES string of the molecule is S=c1[nH]nc(-c2cc(Br)co2)o1. The molecular weight excluding hydrogens is 244 g/mol. The lowest BCUT2D eigenvalue weighted by Gasteiger charge is -1.81. The van der Waals surface area contributed by atoms with Crippen molar-refractivity contribution < 1.29 is 8.83 Å². The summed E-state index contributed by atoms with van der Waals surface area (Å²) in [4.78, 5) is 0.234. The molecule has 0 aliphatic carbocycles. The second-order valence-corrected chi connectivity index (χ2v) is 3.33. The summed E-state index contributed by atoms with van der Waals surface area (Å²) in [6.07, 6.45) is 1.54. The first-order chi connectivity index (χ1) is 5.75. The predicted octanol–water partition coefficient (Wildman–Crippen LogP) is 2.75. The summed E-state index contributed by atoms with van der Waals surface area (Å²) in [7, 11) is 0. The van der Waals surface area contributed by atoms with Crippen molar-refractivity contribution in [3.05, 3.63) is 21.6 Å². The van der Waals surface area contributed by atoms with Gasteiger partial charge in [0.1, 0.15) is 6.26 Å². The number of nitrogens with one attached hydrogen (secondary N) is 1. The molecule has 0 aromatic carbocycles. The Labute approximate surface area is 80.7 Å². The second-order valence-electron chi connectivity index (χ2n) is 2.05. The molecule has 2 aromatic rings. The van der Waals surface area contributed by atoms with Gasteiger partial charge in [0, 0.05) is 6.07 Å². The fourth-order valence-electron chi connectivity index (χ4n) is 0.760. The lowest BCUT2D eigenvalue weighted by Crippen LogP contribution is -1.71. The van der Waals surface area contributed by atoms with Crippen molar-refractivity contribution in [3.63, 3.8) is 0 Å². The molecule has 0 fully saturated rings. The molecule has 0 amide bonds. The summed E-state index contributed by atoms with van der Waals surface area (Å²) in [6.45, 7) is 0. The highest BCUT2D eigenvalue weighted by Gasteiger charge is 2.07. The number of hydrogen-bond acceptors (Lipinski definition) is 4. The Hall–Kier alpha value is -0.880. The van der Waals surface area contributed by atoms with E-state index in [1.807, 2.05) is 0 Å². The maximum absolute atomic E-state index is 5.09. The van der Waals surface area contributed by atoms with E-state index in [0.717, 1.165) is 4.47 Å². The van der Waals surface area contributed by atoms with E-state index in [1.54, 1.807) is 12.3 Å². The molecule has 62 valence electrons. The van der Waals surface area contributed by atoms with Crippen LogP contribution < -0.4 is 0 Å². The summed E-state index contributed by atoms with van der Waals surface area (Å²) in [5.41, 5.74) is 0. The van der Waals surface area contributed by atoms with Crippen molar-refractivity contribution in [1.82, 2.24) is 10.2 Å². The Balaban J connectivity index is 2.50. The fraction of sp³-hybridized carbons (Fsp3) is 0. The highest BCUT2D eigenvalue weighted by Crippen LogP contribution is 2.22. The lowest BCUT2D eigenvalue weighted by atomic mass is 10.5. The predicted molar refractivity (Wildman–Crippen MR) is 47.1 cm³/mol. The first kappa shape index (κ1) is 7.75. The minimum Gasteiger partial charge on any atom is -0.458 e. The third-order valence-electron chi connectivity index (χ3n) is 1.22. The smallest absolute Gasteiger partial charge is 0.284 e. The maximum Gasteiger partial charge on any atom is 0.284 e. The van der Waals surface area contributed by atoms with Crippen LogP contribution in [-0.2, 0) is 0 Å². The van der Waals surface area contributed by atoms with Gasteiger partial charge in [-0.15, -0.1) is 5.10 Å². The van der Waals surface area contributed by atoms with Crippen LogP contribution in [0.4, 0.5) is 0 Å². The monoisotopic (exact) mass is 246 g/mol. The van der Waals surface area contributed by atoms with Gasteiger partial charge in [-0.2, -0.15) is 0 Å². The van der Waals surface area contributed by atoms with Crippen molar-refractivity contribution in [2.75, 3.05) is 0 Å². The molecule has 0 aliphatic rings. The van der Waals surface area contributed by atoms with Crippen molar-refractivity contribution in [1.29, 1.82) is 0 Å². The zero-order valence-corrected chi connectivity index (χ0v) is 8.11. The second kappa shape index (κ2) is 2.87. The van der Waals surface area contributed by atoms with Gasteiger partial charge in [0.05, 0.1) is 4.47 Å². The first-order valence-corrected chi connectivity index (χ1v) is 4.26. The number of rotatable bonds is 1. The van der Waals surface area contributed by atoms with Crippen LogP contribution in [0.5, 0.6) is 0 Å². The van der Waals surface area contributed by atoms with Crippen LogP contribution in [-0.4, -0.2) is 10.2 Å². The summed E-state index contributed by atoms with van der Waals surface area (Å²) < 4.78 is 10.9. The van der Waals surface area contributed by atoms with E-state index in [9.17, 15) is 0 Å². The van der Waals surface area contributed by atoms with E-state index >= 15 is 0 Å². The average Bonchev–Trinajstić information content (AvgIpc) is 2.58. The Kier molecular flexibility index (Phi) is 1.86. The molecule has 0 bridgehead atoms. The summed E-state index contributed by atoms with van der Waals surface area (Å²) >= 11 is 7.94. The van der Waals surface area contributed by atoms with E-state index in [-0.39, 0.29) is 4.84 Å². The molecule has 0 unspecified atom stereocenters. The first-order valence-electron chi connectivity index (χ1n) is 3.05. The topological polar surface area (TPSA) is 55.0 Å². The van der Waals surface area contributed by atoms with Gasteiger partial charge in [0.2, 0.25) is 0 Å². The van der Waals surface area contributed by atoms with Crippen molar-refractivity contribution in [2.45, 2.75) is 0 Å². The Morgan fingerprint density at radius 3 is 2.92 bits per heavy atom. The van der Waals surface area contributed by atoms with Crippen molar-refractivity contribution >= 4 is 28.1 Å².